The van der Waals surface area contributed by atoms with Crippen molar-refractivity contribution in [3.05, 3.63) is 0 Å². The Labute approximate surface area is 167 Å². The quantitative estimate of drug-likeness (QED) is 0.665. The Bertz CT molecular complexity index is 686. The van der Waals surface area contributed by atoms with Crippen molar-refractivity contribution in [3.8, 4) is 0 Å². The van der Waals surface area contributed by atoms with Gasteiger partial charge in [-0.1, -0.05) is 13.8 Å². The molecule has 4 aliphatic carbocycles. The van der Waals surface area contributed by atoms with E-state index in [1.165, 1.54) is 13.8 Å². The zero-order valence-electron chi connectivity index (χ0n) is 17.7. The molecule has 0 aliphatic heterocycles. The number of ketones is 1. The fourth-order valence-corrected chi connectivity index (χ4v) is 7.58. The van der Waals surface area contributed by atoms with Gasteiger partial charge in [0.1, 0.15) is 18.0 Å². The number of hydrogen-bond acceptors (Lipinski definition) is 5. The van der Waals surface area contributed by atoms with E-state index in [1.54, 1.807) is 0 Å². The average molecular weight is 391 g/mol. The molecule has 28 heavy (non-hydrogen) atoms. The van der Waals surface area contributed by atoms with Crippen LogP contribution in [0.1, 0.15) is 79.1 Å². The molecule has 4 fully saturated rings. The number of carbonyl (C=O) groups is 3. The Kier molecular flexibility index (Phi) is 4.86. The van der Waals surface area contributed by atoms with Crippen LogP contribution in [-0.2, 0) is 23.9 Å². The first-order valence-corrected chi connectivity index (χ1v) is 11.0. The molecule has 5 heteroatoms. The monoisotopic (exact) mass is 390 g/mol. The van der Waals surface area contributed by atoms with Gasteiger partial charge in [-0.3, -0.25) is 14.4 Å². The zero-order chi connectivity index (χ0) is 20.3. The second-order valence-electron chi connectivity index (χ2n) is 10.3. The van der Waals surface area contributed by atoms with Gasteiger partial charge in [-0.15, -0.1) is 0 Å². The standard InChI is InChI=1S/C23H34O5/c1-13(24)27-16-7-9-22(3)15(11-16)12-19(26)21-17-5-6-20(28-14(2)25)23(17,4)10-8-18(21)22/h15-18,20-21H,5-12H2,1-4H3/t15-,16-,17-,18-,20-,21+,22+,23+/m1/s1. The van der Waals surface area contributed by atoms with Gasteiger partial charge in [0.25, 0.3) is 0 Å². The molecule has 8 atom stereocenters. The molecule has 0 aromatic heterocycles. The van der Waals surface area contributed by atoms with Crippen LogP contribution in [0.15, 0.2) is 0 Å². The van der Waals surface area contributed by atoms with E-state index < -0.39 is 0 Å². The minimum atomic E-state index is -0.218. The highest BCUT2D eigenvalue weighted by Gasteiger charge is 2.63. The molecule has 4 rings (SSSR count). The zero-order valence-corrected chi connectivity index (χ0v) is 17.7. The Balaban J connectivity index is 1.57. The van der Waals surface area contributed by atoms with Crippen molar-refractivity contribution in [1.29, 1.82) is 0 Å². The van der Waals surface area contributed by atoms with Gasteiger partial charge < -0.3 is 9.47 Å². The summed E-state index contributed by atoms with van der Waals surface area (Å²) in [5.41, 5.74) is 0.0801. The molecule has 156 valence electrons. The summed E-state index contributed by atoms with van der Waals surface area (Å²) in [6, 6.07) is 0. The third-order valence-corrected chi connectivity index (χ3v) is 8.98. The molecule has 0 aromatic carbocycles. The summed E-state index contributed by atoms with van der Waals surface area (Å²) in [5, 5.41) is 0. The Morgan fingerprint density at radius 1 is 0.893 bits per heavy atom. The summed E-state index contributed by atoms with van der Waals surface area (Å²) in [4.78, 5) is 36.3. The molecule has 0 unspecified atom stereocenters. The fraction of sp³-hybridized carbons (Fsp3) is 0.870. The van der Waals surface area contributed by atoms with E-state index >= 15 is 0 Å². The molecule has 0 saturated heterocycles. The minimum absolute atomic E-state index is 0.0337. The molecular weight excluding hydrogens is 356 g/mol. The summed E-state index contributed by atoms with van der Waals surface area (Å²) < 4.78 is 11.2. The van der Waals surface area contributed by atoms with Crippen LogP contribution in [0.3, 0.4) is 0 Å². The number of Topliss-reactive ketones (excluding diaryl/α,β-unsaturated/α-hetero) is 1. The topological polar surface area (TPSA) is 69.7 Å². The maximum Gasteiger partial charge on any atom is 0.302 e. The lowest BCUT2D eigenvalue weighted by atomic mass is 9.45. The summed E-state index contributed by atoms with van der Waals surface area (Å²) in [7, 11) is 0. The average Bonchev–Trinajstić information content (AvgIpc) is 2.92. The molecular formula is C23H34O5. The molecule has 0 bridgehead atoms. The van der Waals surface area contributed by atoms with Crippen molar-refractivity contribution in [3.63, 3.8) is 0 Å². The molecule has 0 N–H and O–H groups in total. The van der Waals surface area contributed by atoms with Gasteiger partial charge in [0.05, 0.1) is 0 Å². The molecule has 5 nitrogen and oxygen atoms in total. The van der Waals surface area contributed by atoms with Crippen LogP contribution in [-0.4, -0.2) is 29.9 Å². The third kappa shape index (κ3) is 3.00. The van der Waals surface area contributed by atoms with Gasteiger partial charge in [-0.25, -0.2) is 0 Å². The lowest BCUT2D eigenvalue weighted by Gasteiger charge is -2.59. The van der Waals surface area contributed by atoms with E-state index in [0.717, 1.165) is 44.9 Å². The minimum Gasteiger partial charge on any atom is -0.463 e. The normalized spacial score (nSPS) is 47.5. The Morgan fingerprint density at radius 3 is 2.21 bits per heavy atom. The molecule has 0 heterocycles. The van der Waals surface area contributed by atoms with Crippen LogP contribution < -0.4 is 0 Å². The highest BCUT2D eigenvalue weighted by molar-refractivity contribution is 5.83. The van der Waals surface area contributed by atoms with Crippen molar-refractivity contribution in [1.82, 2.24) is 0 Å². The van der Waals surface area contributed by atoms with Crippen LogP contribution in [0.4, 0.5) is 0 Å². The number of rotatable bonds is 2. The van der Waals surface area contributed by atoms with E-state index in [4.69, 9.17) is 9.47 Å². The van der Waals surface area contributed by atoms with Crippen molar-refractivity contribution in [2.75, 3.05) is 0 Å². The lowest BCUT2D eigenvalue weighted by molar-refractivity contribution is -0.173. The smallest absolute Gasteiger partial charge is 0.302 e. The van der Waals surface area contributed by atoms with E-state index in [2.05, 4.69) is 13.8 Å². The lowest BCUT2D eigenvalue weighted by Crippen LogP contribution is -2.58. The van der Waals surface area contributed by atoms with Crippen molar-refractivity contribution < 1.29 is 23.9 Å². The molecule has 4 aliphatic rings. The first-order valence-electron chi connectivity index (χ1n) is 11.0. The summed E-state index contributed by atoms with van der Waals surface area (Å²) in [6.07, 6.45) is 7.21. The van der Waals surface area contributed by atoms with Gasteiger partial charge in [-0.2, -0.15) is 0 Å². The first kappa shape index (κ1) is 19.9. The summed E-state index contributed by atoms with van der Waals surface area (Å²) in [5.74, 6) is 1.12. The summed E-state index contributed by atoms with van der Waals surface area (Å²) >= 11 is 0. The summed E-state index contributed by atoms with van der Waals surface area (Å²) in [6.45, 7) is 7.58. The van der Waals surface area contributed by atoms with E-state index in [1.807, 2.05) is 0 Å². The predicted octanol–water partition coefficient (Wildman–Crippen LogP) is 4.07. The van der Waals surface area contributed by atoms with E-state index in [-0.39, 0.29) is 40.9 Å². The predicted molar refractivity (Wildman–Crippen MR) is 103 cm³/mol. The van der Waals surface area contributed by atoms with Gasteiger partial charge in [0, 0.05) is 31.6 Å². The SMILES string of the molecule is CC(=O)O[C@@H]1CC[C@@]2(C)[C@@H](CC(=O)[C@@H]3[C@H]2CC[C@@]2(C)[C@@H]3CC[C@H]2OC(C)=O)C1. The van der Waals surface area contributed by atoms with Gasteiger partial charge >= 0.3 is 11.9 Å². The highest BCUT2D eigenvalue weighted by Crippen LogP contribution is 2.65. The maximum absolute atomic E-state index is 13.4. The van der Waals surface area contributed by atoms with Crippen LogP contribution in [0.25, 0.3) is 0 Å². The molecule has 0 aromatic rings. The maximum atomic E-state index is 13.4. The van der Waals surface area contributed by atoms with Gasteiger partial charge in [-0.05, 0) is 68.1 Å². The molecule has 0 radical (unpaired) electrons. The Hall–Kier alpha value is -1.39. The van der Waals surface area contributed by atoms with Crippen molar-refractivity contribution in [2.45, 2.75) is 91.3 Å². The number of esters is 2. The third-order valence-electron chi connectivity index (χ3n) is 8.98. The Morgan fingerprint density at radius 2 is 1.54 bits per heavy atom. The molecule has 0 amide bonds. The number of fused-ring (bicyclic) bond motifs is 5. The van der Waals surface area contributed by atoms with Crippen LogP contribution in [0.2, 0.25) is 0 Å². The molecule has 0 spiro atoms. The van der Waals surface area contributed by atoms with Crippen molar-refractivity contribution >= 4 is 17.7 Å². The number of ether oxygens (including phenoxy) is 2. The van der Waals surface area contributed by atoms with E-state index in [9.17, 15) is 14.4 Å². The second-order valence-corrected chi connectivity index (χ2v) is 10.3. The van der Waals surface area contributed by atoms with Gasteiger partial charge in [0.2, 0.25) is 0 Å². The van der Waals surface area contributed by atoms with Crippen LogP contribution in [0.5, 0.6) is 0 Å². The first-order chi connectivity index (χ1) is 13.1. The van der Waals surface area contributed by atoms with E-state index in [0.29, 0.717) is 30.0 Å². The largest absolute Gasteiger partial charge is 0.463 e. The fourth-order valence-electron chi connectivity index (χ4n) is 7.58. The van der Waals surface area contributed by atoms with Gasteiger partial charge in [0.15, 0.2) is 0 Å². The number of carbonyl (C=O) groups excluding carboxylic acids is 3. The molecule has 4 saturated carbocycles. The van der Waals surface area contributed by atoms with Crippen LogP contribution >= 0.6 is 0 Å². The van der Waals surface area contributed by atoms with Crippen molar-refractivity contribution in [2.24, 2.45) is 34.5 Å². The highest BCUT2D eigenvalue weighted by atomic mass is 16.5. The number of hydrogen-bond donors (Lipinski definition) is 0. The van der Waals surface area contributed by atoms with Crippen LogP contribution in [0, 0.1) is 34.5 Å². The second kappa shape index (κ2) is 6.84.